The molecule has 1 aliphatic heterocycles. The highest BCUT2D eigenvalue weighted by Crippen LogP contribution is 2.12. The number of nitrogens with zero attached hydrogens (tertiary/aromatic N) is 2. The normalized spacial score (nSPS) is 15.2. The summed E-state index contributed by atoms with van der Waals surface area (Å²) in [5.41, 5.74) is 0.382. The lowest BCUT2D eigenvalue weighted by atomic mass is 9.96. The van der Waals surface area contributed by atoms with Gasteiger partial charge in [0.1, 0.15) is 0 Å². The SMILES string of the molecule is CC(C)(C)C(=O)NCCCC(=O)N1CCN(CC(=O)Nc2ccccc2)CC1. The molecule has 0 saturated carbocycles. The summed E-state index contributed by atoms with van der Waals surface area (Å²) in [6, 6.07) is 9.39. The number of rotatable bonds is 7. The molecular formula is C21H32N4O3. The zero-order valence-corrected chi connectivity index (χ0v) is 17.2. The molecule has 154 valence electrons. The Bertz CT molecular complexity index is 662. The van der Waals surface area contributed by atoms with Gasteiger partial charge in [-0.1, -0.05) is 39.0 Å². The second-order valence-electron chi connectivity index (χ2n) is 8.18. The molecule has 2 rings (SSSR count). The Balaban J connectivity index is 1.62. The summed E-state index contributed by atoms with van der Waals surface area (Å²) in [4.78, 5) is 40.2. The zero-order valence-electron chi connectivity index (χ0n) is 17.2. The van der Waals surface area contributed by atoms with Crippen molar-refractivity contribution in [1.29, 1.82) is 0 Å². The van der Waals surface area contributed by atoms with Crippen LogP contribution >= 0.6 is 0 Å². The van der Waals surface area contributed by atoms with Gasteiger partial charge < -0.3 is 15.5 Å². The van der Waals surface area contributed by atoms with Crippen molar-refractivity contribution in [2.24, 2.45) is 5.41 Å². The topological polar surface area (TPSA) is 81.8 Å². The minimum Gasteiger partial charge on any atom is -0.356 e. The van der Waals surface area contributed by atoms with Gasteiger partial charge in [-0.3, -0.25) is 19.3 Å². The number of carbonyl (C=O) groups is 3. The molecule has 2 N–H and O–H groups in total. The standard InChI is InChI=1S/C21H32N4O3/c1-21(2,3)20(28)22-11-7-10-19(27)25-14-12-24(13-15-25)16-18(26)23-17-8-5-4-6-9-17/h4-6,8-9H,7,10-16H2,1-3H3,(H,22,28)(H,23,26). The Morgan fingerprint density at radius 2 is 1.64 bits per heavy atom. The first-order chi connectivity index (χ1) is 13.3. The van der Waals surface area contributed by atoms with Crippen LogP contribution in [-0.4, -0.2) is 66.8 Å². The van der Waals surface area contributed by atoms with E-state index in [2.05, 4.69) is 15.5 Å². The van der Waals surface area contributed by atoms with E-state index >= 15 is 0 Å². The number of amides is 3. The fourth-order valence-electron chi connectivity index (χ4n) is 2.95. The van der Waals surface area contributed by atoms with Gasteiger partial charge in [0.25, 0.3) is 0 Å². The molecule has 0 spiro atoms. The number of hydrogen-bond donors (Lipinski definition) is 2. The average molecular weight is 389 g/mol. The monoisotopic (exact) mass is 388 g/mol. The van der Waals surface area contributed by atoms with Crippen molar-refractivity contribution < 1.29 is 14.4 Å². The average Bonchev–Trinajstić information content (AvgIpc) is 2.65. The van der Waals surface area contributed by atoms with E-state index in [4.69, 9.17) is 0 Å². The van der Waals surface area contributed by atoms with E-state index in [1.165, 1.54) is 0 Å². The molecule has 1 heterocycles. The largest absolute Gasteiger partial charge is 0.356 e. The van der Waals surface area contributed by atoms with Crippen LogP contribution in [0.4, 0.5) is 5.69 Å². The fourth-order valence-corrected chi connectivity index (χ4v) is 2.95. The van der Waals surface area contributed by atoms with Gasteiger partial charge in [0, 0.05) is 50.2 Å². The maximum atomic E-state index is 12.3. The maximum Gasteiger partial charge on any atom is 0.238 e. The van der Waals surface area contributed by atoms with Crippen LogP contribution < -0.4 is 10.6 Å². The number of hydrogen-bond acceptors (Lipinski definition) is 4. The van der Waals surface area contributed by atoms with E-state index in [1.807, 2.05) is 56.0 Å². The highest BCUT2D eigenvalue weighted by atomic mass is 16.2. The van der Waals surface area contributed by atoms with Crippen molar-refractivity contribution >= 4 is 23.4 Å². The van der Waals surface area contributed by atoms with Crippen LogP contribution in [0.5, 0.6) is 0 Å². The second-order valence-corrected chi connectivity index (χ2v) is 8.18. The van der Waals surface area contributed by atoms with Crippen molar-refractivity contribution in [3.8, 4) is 0 Å². The Kier molecular flexibility index (Phi) is 7.99. The third kappa shape index (κ3) is 7.31. The van der Waals surface area contributed by atoms with E-state index in [0.717, 1.165) is 5.69 Å². The summed E-state index contributed by atoms with van der Waals surface area (Å²) >= 11 is 0. The Morgan fingerprint density at radius 1 is 1.00 bits per heavy atom. The molecule has 3 amide bonds. The summed E-state index contributed by atoms with van der Waals surface area (Å²) in [6.45, 7) is 9.09. The van der Waals surface area contributed by atoms with Crippen molar-refractivity contribution in [3.63, 3.8) is 0 Å². The van der Waals surface area contributed by atoms with Gasteiger partial charge >= 0.3 is 0 Å². The second kappa shape index (κ2) is 10.2. The number of carbonyl (C=O) groups excluding carboxylic acids is 3. The molecule has 0 unspecified atom stereocenters. The minimum absolute atomic E-state index is 0.00217. The molecule has 0 aliphatic carbocycles. The summed E-state index contributed by atoms with van der Waals surface area (Å²) < 4.78 is 0. The predicted octanol–water partition coefficient (Wildman–Crippen LogP) is 1.71. The quantitative estimate of drug-likeness (QED) is 0.697. The molecule has 1 aliphatic rings. The van der Waals surface area contributed by atoms with Crippen molar-refractivity contribution in [2.45, 2.75) is 33.6 Å². The first-order valence-corrected chi connectivity index (χ1v) is 9.89. The van der Waals surface area contributed by atoms with Crippen LogP contribution in [-0.2, 0) is 14.4 Å². The summed E-state index contributed by atoms with van der Waals surface area (Å²) in [6.07, 6.45) is 1.07. The smallest absolute Gasteiger partial charge is 0.238 e. The highest BCUT2D eigenvalue weighted by Gasteiger charge is 2.23. The molecule has 1 fully saturated rings. The molecular weight excluding hydrogens is 356 g/mol. The van der Waals surface area contributed by atoms with Gasteiger partial charge in [-0.2, -0.15) is 0 Å². The lowest BCUT2D eigenvalue weighted by Gasteiger charge is -2.34. The van der Waals surface area contributed by atoms with Gasteiger partial charge in [-0.05, 0) is 18.6 Å². The van der Waals surface area contributed by atoms with Crippen LogP contribution in [0.25, 0.3) is 0 Å². The number of nitrogens with one attached hydrogen (secondary N) is 2. The molecule has 1 aromatic rings. The lowest BCUT2D eigenvalue weighted by Crippen LogP contribution is -2.50. The van der Waals surface area contributed by atoms with Crippen molar-refractivity contribution in [3.05, 3.63) is 30.3 Å². The van der Waals surface area contributed by atoms with Gasteiger partial charge in [0.05, 0.1) is 6.54 Å². The van der Waals surface area contributed by atoms with Gasteiger partial charge in [-0.15, -0.1) is 0 Å². The Morgan fingerprint density at radius 3 is 2.25 bits per heavy atom. The Labute approximate surface area is 167 Å². The molecule has 28 heavy (non-hydrogen) atoms. The summed E-state index contributed by atoms with van der Waals surface area (Å²) in [5, 5.41) is 5.75. The summed E-state index contributed by atoms with van der Waals surface area (Å²) in [7, 11) is 0. The van der Waals surface area contributed by atoms with Gasteiger partial charge in [0.2, 0.25) is 17.7 Å². The number of anilines is 1. The Hall–Kier alpha value is -2.41. The first-order valence-electron chi connectivity index (χ1n) is 9.89. The molecule has 1 aromatic carbocycles. The summed E-state index contributed by atoms with van der Waals surface area (Å²) in [5.74, 6) is 0.0707. The van der Waals surface area contributed by atoms with E-state index in [-0.39, 0.29) is 17.7 Å². The molecule has 0 atom stereocenters. The molecule has 0 radical (unpaired) electrons. The first kappa shape index (κ1) is 21.9. The molecule has 7 nitrogen and oxygen atoms in total. The molecule has 1 saturated heterocycles. The van der Waals surface area contributed by atoms with Crippen molar-refractivity contribution in [2.75, 3.05) is 44.6 Å². The van der Waals surface area contributed by atoms with Gasteiger partial charge in [-0.25, -0.2) is 0 Å². The molecule has 7 heteroatoms. The lowest BCUT2D eigenvalue weighted by molar-refractivity contribution is -0.133. The van der Waals surface area contributed by atoms with Crippen molar-refractivity contribution in [1.82, 2.24) is 15.1 Å². The zero-order chi connectivity index (χ0) is 20.6. The van der Waals surface area contributed by atoms with Crippen LogP contribution in [0.2, 0.25) is 0 Å². The van der Waals surface area contributed by atoms with E-state index < -0.39 is 5.41 Å². The maximum absolute atomic E-state index is 12.3. The molecule has 0 aromatic heterocycles. The van der Waals surface area contributed by atoms with Crippen LogP contribution in [0, 0.1) is 5.41 Å². The van der Waals surface area contributed by atoms with Crippen LogP contribution in [0.3, 0.4) is 0 Å². The number of para-hydroxylation sites is 1. The predicted molar refractivity (Wildman–Crippen MR) is 110 cm³/mol. The van der Waals surface area contributed by atoms with E-state index in [9.17, 15) is 14.4 Å². The molecule has 0 bridgehead atoms. The number of benzene rings is 1. The number of piperazine rings is 1. The highest BCUT2D eigenvalue weighted by molar-refractivity contribution is 5.92. The van der Waals surface area contributed by atoms with E-state index in [0.29, 0.717) is 52.1 Å². The van der Waals surface area contributed by atoms with Gasteiger partial charge in [0.15, 0.2) is 0 Å². The third-order valence-corrected chi connectivity index (χ3v) is 4.68. The van der Waals surface area contributed by atoms with Crippen LogP contribution in [0.15, 0.2) is 30.3 Å². The fraction of sp³-hybridized carbons (Fsp3) is 0.571. The van der Waals surface area contributed by atoms with Crippen LogP contribution in [0.1, 0.15) is 33.6 Å². The minimum atomic E-state index is -0.410. The third-order valence-electron chi connectivity index (χ3n) is 4.68. The van der Waals surface area contributed by atoms with E-state index in [1.54, 1.807) is 0 Å².